The predicted octanol–water partition coefficient (Wildman–Crippen LogP) is 4.15. The third-order valence-corrected chi connectivity index (χ3v) is 4.09. The molecular weight excluding hydrogens is 239 g/mol. The highest BCUT2D eigenvalue weighted by atomic mass is 35.5. The normalized spacial score (nSPS) is 19.3. The molecule has 0 radical (unpaired) electrons. The summed E-state index contributed by atoms with van der Waals surface area (Å²) < 4.78 is 18.6. The summed E-state index contributed by atoms with van der Waals surface area (Å²) in [5.41, 5.74) is 3.00. The number of hydrogen-bond acceptors (Lipinski definition) is 1. The van der Waals surface area contributed by atoms with Crippen LogP contribution in [0.25, 0.3) is 0 Å². The molecule has 0 bridgehead atoms. The van der Waals surface area contributed by atoms with Gasteiger partial charge in [-0.25, -0.2) is 4.39 Å². The van der Waals surface area contributed by atoms with Gasteiger partial charge >= 0.3 is 0 Å². The largest absolute Gasteiger partial charge is 0.381 e. The zero-order valence-corrected chi connectivity index (χ0v) is 11.1. The monoisotopic (exact) mass is 256 g/mol. The van der Waals surface area contributed by atoms with Crippen molar-refractivity contribution in [2.24, 2.45) is 5.92 Å². The first-order valence-corrected chi connectivity index (χ1v) is 6.51. The predicted molar refractivity (Wildman–Crippen MR) is 68.0 cm³/mol. The van der Waals surface area contributed by atoms with Gasteiger partial charge in [-0.05, 0) is 61.4 Å². The van der Waals surface area contributed by atoms with Crippen LogP contribution >= 0.6 is 11.6 Å². The van der Waals surface area contributed by atoms with E-state index < -0.39 is 0 Å². The maximum atomic E-state index is 13.3. The minimum atomic E-state index is -0.181. The van der Waals surface area contributed by atoms with E-state index in [9.17, 15) is 4.39 Å². The summed E-state index contributed by atoms with van der Waals surface area (Å²) in [6.07, 6.45) is 1.98. The van der Waals surface area contributed by atoms with Crippen LogP contribution in [0, 0.1) is 25.6 Å². The number of rotatable bonds is 2. The summed E-state index contributed by atoms with van der Waals surface area (Å²) in [5, 5.41) is -0.0282. The Bertz CT molecular complexity index is 376. The summed E-state index contributed by atoms with van der Waals surface area (Å²) in [5.74, 6) is 0.257. The average Bonchev–Trinajstić information content (AvgIpc) is 2.28. The quantitative estimate of drug-likeness (QED) is 0.723. The van der Waals surface area contributed by atoms with Gasteiger partial charge in [0.1, 0.15) is 5.82 Å². The molecule has 1 atom stereocenters. The number of benzene rings is 1. The highest BCUT2D eigenvalue weighted by molar-refractivity contribution is 6.21. The van der Waals surface area contributed by atoms with Gasteiger partial charge in [-0.3, -0.25) is 0 Å². The molecular formula is C14H18ClFO. The van der Waals surface area contributed by atoms with E-state index in [0.29, 0.717) is 5.92 Å². The van der Waals surface area contributed by atoms with E-state index in [1.54, 1.807) is 12.1 Å². The van der Waals surface area contributed by atoms with Gasteiger partial charge in [0.15, 0.2) is 0 Å². The lowest BCUT2D eigenvalue weighted by Crippen LogP contribution is -2.20. The molecule has 1 aliphatic heterocycles. The molecule has 0 amide bonds. The molecule has 2 rings (SSSR count). The maximum absolute atomic E-state index is 13.3. The summed E-state index contributed by atoms with van der Waals surface area (Å²) in [7, 11) is 0. The lowest BCUT2D eigenvalue weighted by Gasteiger charge is -2.28. The second-order valence-electron chi connectivity index (χ2n) is 4.80. The second-order valence-corrected chi connectivity index (χ2v) is 5.28. The molecule has 1 heterocycles. The highest BCUT2D eigenvalue weighted by Gasteiger charge is 2.26. The van der Waals surface area contributed by atoms with Crippen molar-refractivity contribution < 1.29 is 9.13 Å². The van der Waals surface area contributed by atoms with E-state index in [1.165, 1.54) is 0 Å². The van der Waals surface area contributed by atoms with Crippen molar-refractivity contribution in [1.29, 1.82) is 0 Å². The Kier molecular flexibility index (Phi) is 4.05. The molecule has 0 aromatic heterocycles. The van der Waals surface area contributed by atoms with Crippen molar-refractivity contribution in [2.45, 2.75) is 32.1 Å². The minimum Gasteiger partial charge on any atom is -0.381 e. The highest BCUT2D eigenvalue weighted by Crippen LogP contribution is 2.38. The van der Waals surface area contributed by atoms with E-state index in [-0.39, 0.29) is 11.2 Å². The van der Waals surface area contributed by atoms with Crippen molar-refractivity contribution in [2.75, 3.05) is 13.2 Å². The van der Waals surface area contributed by atoms with Gasteiger partial charge in [0.25, 0.3) is 0 Å². The molecule has 1 saturated heterocycles. The summed E-state index contributed by atoms with van der Waals surface area (Å²) >= 11 is 6.57. The third kappa shape index (κ3) is 2.80. The molecule has 0 saturated carbocycles. The van der Waals surface area contributed by atoms with Crippen LogP contribution in [0.1, 0.15) is 34.9 Å². The van der Waals surface area contributed by atoms with Crippen LogP contribution in [-0.2, 0) is 4.74 Å². The van der Waals surface area contributed by atoms with Crippen LogP contribution < -0.4 is 0 Å². The number of alkyl halides is 1. The van der Waals surface area contributed by atoms with Gasteiger partial charge in [0.2, 0.25) is 0 Å². The smallest absolute Gasteiger partial charge is 0.123 e. The van der Waals surface area contributed by atoms with Crippen molar-refractivity contribution >= 4 is 11.6 Å². The molecule has 0 N–H and O–H groups in total. The van der Waals surface area contributed by atoms with Gasteiger partial charge in [0.05, 0.1) is 5.38 Å². The first-order valence-electron chi connectivity index (χ1n) is 6.08. The molecule has 17 heavy (non-hydrogen) atoms. The molecule has 94 valence electrons. The molecule has 0 spiro atoms. The van der Waals surface area contributed by atoms with Crippen LogP contribution in [0.4, 0.5) is 4.39 Å². The molecule has 1 fully saturated rings. The van der Waals surface area contributed by atoms with Gasteiger partial charge in [-0.1, -0.05) is 0 Å². The van der Waals surface area contributed by atoms with Crippen LogP contribution in [-0.4, -0.2) is 13.2 Å². The maximum Gasteiger partial charge on any atom is 0.123 e. The summed E-state index contributed by atoms with van der Waals surface area (Å²) in [6, 6.07) is 3.13. The van der Waals surface area contributed by atoms with Crippen LogP contribution in [0.3, 0.4) is 0 Å². The molecule has 1 aliphatic rings. The Balaban J connectivity index is 2.26. The lowest BCUT2D eigenvalue weighted by molar-refractivity contribution is 0.0650. The number of aryl methyl sites for hydroxylation is 2. The Morgan fingerprint density at radius 3 is 2.29 bits per heavy atom. The van der Waals surface area contributed by atoms with E-state index in [1.807, 2.05) is 13.8 Å². The van der Waals surface area contributed by atoms with E-state index in [0.717, 1.165) is 42.7 Å². The van der Waals surface area contributed by atoms with Gasteiger partial charge in [-0.2, -0.15) is 0 Å². The molecule has 0 aliphatic carbocycles. The SMILES string of the molecule is Cc1cc(F)cc(C)c1C(Cl)C1CCOCC1. The van der Waals surface area contributed by atoms with E-state index >= 15 is 0 Å². The lowest BCUT2D eigenvalue weighted by atomic mass is 9.87. The Morgan fingerprint density at radius 2 is 1.76 bits per heavy atom. The summed E-state index contributed by atoms with van der Waals surface area (Å²) in [6.45, 7) is 5.43. The van der Waals surface area contributed by atoms with Gasteiger partial charge in [0, 0.05) is 13.2 Å². The molecule has 1 unspecified atom stereocenters. The number of ether oxygens (including phenoxy) is 1. The van der Waals surface area contributed by atoms with E-state index in [4.69, 9.17) is 16.3 Å². The zero-order valence-electron chi connectivity index (χ0n) is 10.3. The second kappa shape index (κ2) is 5.36. The average molecular weight is 257 g/mol. The number of hydrogen-bond donors (Lipinski definition) is 0. The molecule has 1 aromatic rings. The van der Waals surface area contributed by atoms with Crippen LogP contribution in [0.2, 0.25) is 0 Å². The fraction of sp³-hybridized carbons (Fsp3) is 0.571. The first kappa shape index (κ1) is 12.8. The van der Waals surface area contributed by atoms with Crippen molar-refractivity contribution in [1.82, 2.24) is 0 Å². The fourth-order valence-corrected chi connectivity index (χ4v) is 3.20. The Labute approximate surface area is 107 Å². The summed E-state index contributed by atoms with van der Waals surface area (Å²) in [4.78, 5) is 0. The Morgan fingerprint density at radius 1 is 1.24 bits per heavy atom. The molecule has 1 aromatic carbocycles. The van der Waals surface area contributed by atoms with Gasteiger partial charge < -0.3 is 4.74 Å². The van der Waals surface area contributed by atoms with Crippen LogP contribution in [0.5, 0.6) is 0 Å². The zero-order chi connectivity index (χ0) is 12.4. The van der Waals surface area contributed by atoms with Crippen molar-refractivity contribution in [3.05, 3.63) is 34.6 Å². The van der Waals surface area contributed by atoms with Crippen molar-refractivity contribution in [3.63, 3.8) is 0 Å². The van der Waals surface area contributed by atoms with E-state index in [2.05, 4.69) is 0 Å². The minimum absolute atomic E-state index is 0.0282. The Hall–Kier alpha value is -0.600. The van der Waals surface area contributed by atoms with Crippen LogP contribution in [0.15, 0.2) is 12.1 Å². The van der Waals surface area contributed by atoms with Crippen molar-refractivity contribution in [3.8, 4) is 0 Å². The number of halogens is 2. The standard InChI is InChI=1S/C14H18ClFO/c1-9-7-12(16)8-10(2)13(9)14(15)11-3-5-17-6-4-11/h7-8,11,14H,3-6H2,1-2H3. The third-order valence-electron chi connectivity index (χ3n) is 3.51. The topological polar surface area (TPSA) is 9.23 Å². The molecule has 3 heteroatoms. The van der Waals surface area contributed by atoms with Gasteiger partial charge in [-0.15, -0.1) is 11.6 Å². The molecule has 1 nitrogen and oxygen atoms in total. The fourth-order valence-electron chi connectivity index (χ4n) is 2.60. The first-order chi connectivity index (χ1) is 8.09.